The van der Waals surface area contributed by atoms with Crippen LogP contribution in [-0.4, -0.2) is 62.6 Å². The van der Waals surface area contributed by atoms with Crippen molar-refractivity contribution in [1.29, 1.82) is 0 Å². The van der Waals surface area contributed by atoms with Gasteiger partial charge in [0, 0.05) is 24.9 Å². The SMILES string of the molecule is CC(=O)/C=C(/C)[O-].CC(=O)/C=C(/C)[O-].[O-]c1ccccc1C=NCCN=Cc1ccccc1[O-].[O-]c1ccccc1C=NCCN=Cc1ccccc1[O-].[Yb+3].[Yb+3]. The van der Waals surface area contributed by atoms with Crippen molar-refractivity contribution < 1.29 is 134 Å². The van der Waals surface area contributed by atoms with Gasteiger partial charge in [-0.3, -0.25) is 29.6 Å². The van der Waals surface area contributed by atoms with Crippen LogP contribution in [-0.2, 0) is 9.59 Å². The summed E-state index contributed by atoms with van der Waals surface area (Å²) in [7, 11) is 0. The van der Waals surface area contributed by atoms with Gasteiger partial charge in [-0.2, -0.15) is 0 Å². The quantitative estimate of drug-likeness (QED) is 0.0886. The number of ketones is 2. The van der Waals surface area contributed by atoms with Crippen LogP contribution >= 0.6 is 0 Å². The first-order valence-corrected chi connectivity index (χ1v) is 16.5. The van der Waals surface area contributed by atoms with Gasteiger partial charge < -0.3 is 30.6 Å². The molecule has 0 aliphatic heterocycles. The Bertz CT molecular complexity index is 1690. The molecule has 0 aliphatic rings. The average Bonchev–Trinajstić information content (AvgIpc) is 3.10. The molecule has 12 nitrogen and oxygen atoms in total. The van der Waals surface area contributed by atoms with E-state index in [9.17, 15) is 40.2 Å². The molecular formula is C42H42N4O8Yb2. The molecule has 0 unspecified atom stereocenters. The smallest absolute Gasteiger partial charge is 0.876 e. The van der Waals surface area contributed by atoms with Crippen LogP contribution in [0.3, 0.4) is 0 Å². The van der Waals surface area contributed by atoms with Crippen molar-refractivity contribution in [3.8, 4) is 23.0 Å². The Kier molecular flexibility index (Phi) is 32.4. The first kappa shape index (κ1) is 54.3. The number of carbonyl (C=O) groups is 2. The van der Waals surface area contributed by atoms with E-state index in [-0.39, 0.29) is 140 Å². The van der Waals surface area contributed by atoms with Crippen LogP contribution < -0.4 is 30.6 Å². The van der Waals surface area contributed by atoms with E-state index in [1.807, 2.05) is 0 Å². The number of rotatable bonds is 12. The Morgan fingerprint density at radius 1 is 0.429 bits per heavy atom. The van der Waals surface area contributed by atoms with Gasteiger partial charge in [-0.15, -0.1) is 34.5 Å². The zero-order valence-corrected chi connectivity index (χ0v) is 34.5. The third-order valence-electron chi connectivity index (χ3n) is 6.13. The van der Waals surface area contributed by atoms with Gasteiger partial charge in [0.15, 0.2) is 11.6 Å². The molecule has 2 radical (unpaired) electrons. The summed E-state index contributed by atoms with van der Waals surface area (Å²) in [5, 5.41) is 65.6. The van der Waals surface area contributed by atoms with Crippen LogP contribution in [0.25, 0.3) is 0 Å². The molecule has 0 bridgehead atoms. The molecule has 0 N–H and O–H groups in total. The summed E-state index contributed by atoms with van der Waals surface area (Å²) in [4.78, 5) is 36.5. The number of hydrogen-bond donors (Lipinski definition) is 0. The molecule has 0 amide bonds. The van der Waals surface area contributed by atoms with Gasteiger partial charge >= 0.3 is 93.8 Å². The Balaban J connectivity index is 0. The molecule has 0 heterocycles. The molecule has 0 atom stereocenters. The van der Waals surface area contributed by atoms with Crippen LogP contribution in [0.1, 0.15) is 49.9 Å². The number of benzene rings is 4. The van der Waals surface area contributed by atoms with Gasteiger partial charge in [0.2, 0.25) is 0 Å². The molecule has 4 rings (SSSR count). The first-order chi connectivity index (χ1) is 25.8. The molecule has 56 heavy (non-hydrogen) atoms. The molecular weight excluding hydrogens is 1030 g/mol. The normalized spacial score (nSPS) is 11.0. The third-order valence-corrected chi connectivity index (χ3v) is 6.13. The van der Waals surface area contributed by atoms with Gasteiger partial charge in [0.1, 0.15) is 0 Å². The van der Waals surface area contributed by atoms with Crippen molar-refractivity contribution in [3.05, 3.63) is 143 Å². The maximum atomic E-state index is 11.4. The van der Waals surface area contributed by atoms with Gasteiger partial charge in [-0.25, -0.2) is 0 Å². The summed E-state index contributed by atoms with van der Waals surface area (Å²) >= 11 is 0. The van der Waals surface area contributed by atoms with E-state index < -0.39 is 0 Å². The van der Waals surface area contributed by atoms with E-state index in [4.69, 9.17) is 0 Å². The molecule has 14 heteroatoms. The summed E-state index contributed by atoms with van der Waals surface area (Å²) in [6, 6.07) is 26.9. The Hall–Kier alpha value is -3.78. The predicted octanol–water partition coefficient (Wildman–Crippen LogP) is 2.42. The largest absolute Gasteiger partial charge is 3.00 e. The molecule has 0 aliphatic carbocycles. The second kappa shape index (κ2) is 33.4. The fourth-order valence-electron chi connectivity index (χ4n) is 3.80. The van der Waals surface area contributed by atoms with E-state index in [0.29, 0.717) is 48.4 Å². The van der Waals surface area contributed by atoms with Crippen LogP contribution in [0, 0.1) is 93.8 Å². The maximum Gasteiger partial charge on any atom is 3.00 e. The zero-order valence-electron chi connectivity index (χ0n) is 31.1. The molecule has 0 spiro atoms. The molecule has 306 valence electrons. The molecule has 0 fully saturated rings. The van der Waals surface area contributed by atoms with Gasteiger partial charge in [0.25, 0.3) is 0 Å². The monoisotopic (exact) mass is 1080 g/mol. The van der Waals surface area contributed by atoms with E-state index in [2.05, 4.69) is 20.0 Å². The number of hydrogen-bond acceptors (Lipinski definition) is 12. The van der Waals surface area contributed by atoms with Gasteiger partial charge in [-0.05, 0) is 48.3 Å². The van der Waals surface area contributed by atoms with E-state index in [1.54, 1.807) is 97.7 Å². The van der Waals surface area contributed by atoms with Crippen molar-refractivity contribution in [2.24, 2.45) is 20.0 Å². The van der Waals surface area contributed by atoms with Crippen LogP contribution in [0.5, 0.6) is 23.0 Å². The average molecular weight is 1080 g/mol. The summed E-state index contributed by atoms with van der Waals surface area (Å²) in [5.74, 6) is -0.917. The second-order valence-electron chi connectivity index (χ2n) is 11.0. The van der Waals surface area contributed by atoms with Crippen LogP contribution in [0.2, 0.25) is 0 Å². The summed E-state index contributed by atoms with van der Waals surface area (Å²) < 4.78 is 0. The first-order valence-electron chi connectivity index (χ1n) is 16.5. The molecule has 0 saturated heterocycles. The zero-order chi connectivity index (χ0) is 40.1. The Morgan fingerprint density at radius 2 is 0.625 bits per heavy atom. The summed E-state index contributed by atoms with van der Waals surface area (Å²) in [6.45, 7) is 7.31. The van der Waals surface area contributed by atoms with Gasteiger partial charge in [0.05, 0.1) is 26.2 Å². The Morgan fingerprint density at radius 3 is 0.768 bits per heavy atom. The number of aliphatic imine (C=N–C) groups is 4. The minimum absolute atomic E-state index is 0. The minimum Gasteiger partial charge on any atom is -0.876 e. The molecule has 0 saturated carbocycles. The second-order valence-corrected chi connectivity index (χ2v) is 11.0. The number of para-hydroxylation sites is 4. The predicted molar refractivity (Wildman–Crippen MR) is 202 cm³/mol. The number of allylic oxidation sites excluding steroid dienone is 4. The molecule has 4 aromatic rings. The van der Waals surface area contributed by atoms with Crippen molar-refractivity contribution in [2.75, 3.05) is 26.2 Å². The maximum absolute atomic E-state index is 11.4. The van der Waals surface area contributed by atoms with Crippen LogP contribution in [0.4, 0.5) is 0 Å². The van der Waals surface area contributed by atoms with Crippen molar-refractivity contribution >= 4 is 36.4 Å². The minimum atomic E-state index is -0.187. The molecule has 4 aromatic carbocycles. The van der Waals surface area contributed by atoms with E-state index in [0.717, 1.165) is 12.2 Å². The fraction of sp³-hybridized carbons (Fsp3) is 0.190. The summed E-state index contributed by atoms with van der Waals surface area (Å²) in [5.41, 5.74) is 2.28. The van der Waals surface area contributed by atoms with Crippen molar-refractivity contribution in [3.63, 3.8) is 0 Å². The third kappa shape index (κ3) is 27.7. The van der Waals surface area contributed by atoms with Crippen molar-refractivity contribution in [2.45, 2.75) is 27.7 Å². The van der Waals surface area contributed by atoms with E-state index >= 15 is 0 Å². The molecule has 0 aromatic heterocycles. The van der Waals surface area contributed by atoms with Gasteiger partial charge in [-0.1, -0.05) is 111 Å². The topological polar surface area (TPSA) is 222 Å². The summed E-state index contributed by atoms with van der Waals surface area (Å²) in [6.07, 6.45) is 8.33. The van der Waals surface area contributed by atoms with Crippen molar-refractivity contribution in [1.82, 2.24) is 0 Å². The Labute approximate surface area is 405 Å². The van der Waals surface area contributed by atoms with Crippen LogP contribution in [0.15, 0.2) is 141 Å². The van der Waals surface area contributed by atoms with E-state index in [1.165, 1.54) is 52.0 Å². The number of nitrogens with zero attached hydrogens (tertiary/aromatic N) is 4. The number of carbonyl (C=O) groups excluding carboxylic acids is 2. The fourth-order valence-corrected chi connectivity index (χ4v) is 3.80. The standard InChI is InChI=1S/2C16H16N2O2.2C5H8O2.2Yb/c2*19-15-7-3-1-5-13(15)11-17-9-10-18-12-14-6-2-4-8-16(14)20;2*1-4(6)3-5(2)7;;/h2*1-8,11-12,19-20H,9-10H2;2*3,6H,1-2H3;;/q;;;;2*+3/p-6/b;;2*4-3-;;.